The normalized spacial score (nSPS) is 12.3. The summed E-state index contributed by atoms with van der Waals surface area (Å²) in [5.74, 6) is 1.02. The topological polar surface area (TPSA) is 12.0 Å². The Hall–Kier alpha value is -1.31. The van der Waals surface area contributed by atoms with Crippen molar-refractivity contribution in [3.8, 4) is 0 Å². The zero-order valence-corrected chi connectivity index (χ0v) is 11.1. The van der Waals surface area contributed by atoms with Gasteiger partial charge < -0.3 is 5.32 Å². The Labute approximate surface area is 114 Å². The van der Waals surface area contributed by atoms with E-state index in [0.717, 1.165) is 13.1 Å². The summed E-state index contributed by atoms with van der Waals surface area (Å²) in [7, 11) is 0. The van der Waals surface area contributed by atoms with Gasteiger partial charge >= 0.3 is 0 Å². The van der Waals surface area contributed by atoms with Gasteiger partial charge in [0.25, 0.3) is 0 Å². The van der Waals surface area contributed by atoms with Crippen molar-refractivity contribution in [2.24, 2.45) is 0 Å². The second-order valence-electron chi connectivity index (χ2n) is 4.38. The van der Waals surface area contributed by atoms with E-state index >= 15 is 0 Å². The van der Waals surface area contributed by atoms with Crippen LogP contribution in [0, 0.1) is 0 Å². The Balaban J connectivity index is 1.85. The first-order valence-electron chi connectivity index (χ1n) is 6.25. The Morgan fingerprint density at radius 3 is 2.11 bits per heavy atom. The third-order valence-electron chi connectivity index (χ3n) is 3.02. The molecule has 0 unspecified atom stereocenters. The molecule has 0 spiro atoms. The molecule has 1 nitrogen and oxygen atoms in total. The van der Waals surface area contributed by atoms with E-state index < -0.39 is 0 Å². The summed E-state index contributed by atoms with van der Waals surface area (Å²) in [5.41, 5.74) is 2.60. The highest BCUT2D eigenvalue weighted by atomic mass is 35.5. The Morgan fingerprint density at radius 1 is 0.889 bits per heavy atom. The highest BCUT2D eigenvalue weighted by Crippen LogP contribution is 2.16. The molecular formula is C16H18ClN. The predicted molar refractivity (Wildman–Crippen MR) is 78.1 cm³/mol. The molecule has 0 bridgehead atoms. The third-order valence-corrected chi connectivity index (χ3v) is 3.39. The smallest absolute Gasteiger partial charge is 0.0304 e. The number of halogens is 1. The van der Waals surface area contributed by atoms with E-state index in [1.807, 2.05) is 12.1 Å². The molecule has 2 rings (SSSR count). The molecule has 0 aliphatic rings. The minimum absolute atomic E-state index is 0.372. The Bertz CT molecular complexity index is 441. The monoisotopic (exact) mass is 259 g/mol. The van der Waals surface area contributed by atoms with Crippen molar-refractivity contribution in [3.63, 3.8) is 0 Å². The second-order valence-corrected chi connectivity index (χ2v) is 4.69. The number of nitrogens with one attached hydrogen (secondary N) is 1. The summed E-state index contributed by atoms with van der Waals surface area (Å²) < 4.78 is 0. The van der Waals surface area contributed by atoms with Crippen LogP contribution in [0.4, 0.5) is 0 Å². The van der Waals surface area contributed by atoms with Crippen LogP contribution in [0.15, 0.2) is 60.7 Å². The van der Waals surface area contributed by atoms with Crippen molar-refractivity contribution in [2.45, 2.75) is 12.5 Å². The molecule has 0 aromatic heterocycles. The van der Waals surface area contributed by atoms with Crippen LogP contribution in [0.5, 0.6) is 0 Å². The van der Waals surface area contributed by atoms with Gasteiger partial charge in [0.15, 0.2) is 0 Å². The first kappa shape index (κ1) is 13.1. The highest BCUT2D eigenvalue weighted by molar-refractivity contribution is 6.18. The van der Waals surface area contributed by atoms with Crippen LogP contribution in [-0.2, 0) is 6.54 Å². The van der Waals surface area contributed by atoms with Crippen molar-refractivity contribution in [1.29, 1.82) is 0 Å². The maximum Gasteiger partial charge on any atom is 0.0304 e. The molecule has 2 aromatic rings. The predicted octanol–water partition coefficient (Wildman–Crippen LogP) is 3.80. The molecule has 1 atom stereocenters. The standard InChI is InChI=1S/C16H18ClN/c17-11-16(15-9-5-2-6-10-15)13-18-12-14-7-3-1-4-8-14/h1-10,16,18H,11-13H2/t16-/m1/s1. The highest BCUT2D eigenvalue weighted by Gasteiger charge is 2.08. The Morgan fingerprint density at radius 2 is 1.50 bits per heavy atom. The molecule has 0 saturated carbocycles. The summed E-state index contributed by atoms with van der Waals surface area (Å²) in [6.45, 7) is 1.80. The van der Waals surface area contributed by atoms with E-state index in [4.69, 9.17) is 11.6 Å². The molecule has 1 N–H and O–H groups in total. The van der Waals surface area contributed by atoms with Crippen LogP contribution >= 0.6 is 11.6 Å². The third kappa shape index (κ3) is 3.86. The lowest BCUT2D eigenvalue weighted by atomic mass is 10.0. The number of rotatable bonds is 6. The molecule has 94 valence electrons. The van der Waals surface area contributed by atoms with Gasteiger partial charge in [0, 0.05) is 24.9 Å². The van der Waals surface area contributed by atoms with E-state index in [-0.39, 0.29) is 0 Å². The molecule has 0 fully saturated rings. The van der Waals surface area contributed by atoms with E-state index in [0.29, 0.717) is 11.8 Å². The summed E-state index contributed by atoms with van der Waals surface area (Å²) in [5, 5.41) is 3.47. The van der Waals surface area contributed by atoms with Crippen molar-refractivity contribution in [2.75, 3.05) is 12.4 Å². The first-order valence-corrected chi connectivity index (χ1v) is 6.79. The molecule has 0 amide bonds. The molecule has 0 radical (unpaired) electrons. The Kier molecular flexibility index (Phi) is 5.25. The van der Waals surface area contributed by atoms with Gasteiger partial charge in [0.05, 0.1) is 0 Å². The quantitative estimate of drug-likeness (QED) is 0.778. The zero-order valence-electron chi connectivity index (χ0n) is 10.4. The van der Waals surface area contributed by atoms with E-state index in [9.17, 15) is 0 Å². The minimum Gasteiger partial charge on any atom is -0.312 e. The minimum atomic E-state index is 0.372. The number of hydrogen-bond donors (Lipinski definition) is 1. The fourth-order valence-corrected chi connectivity index (χ4v) is 2.26. The van der Waals surface area contributed by atoms with Crippen LogP contribution in [0.3, 0.4) is 0 Å². The van der Waals surface area contributed by atoms with Gasteiger partial charge in [-0.05, 0) is 11.1 Å². The number of hydrogen-bond acceptors (Lipinski definition) is 1. The van der Waals surface area contributed by atoms with E-state index in [1.54, 1.807) is 0 Å². The van der Waals surface area contributed by atoms with Gasteiger partial charge in [-0.25, -0.2) is 0 Å². The molecule has 0 heterocycles. The van der Waals surface area contributed by atoms with Crippen molar-refractivity contribution >= 4 is 11.6 Å². The van der Waals surface area contributed by atoms with Gasteiger partial charge in [0.1, 0.15) is 0 Å². The number of benzene rings is 2. The van der Waals surface area contributed by atoms with Crippen LogP contribution in [0.2, 0.25) is 0 Å². The molecule has 0 aliphatic carbocycles. The first-order chi connectivity index (χ1) is 8.90. The summed E-state index contributed by atoms with van der Waals surface area (Å²) in [4.78, 5) is 0. The molecule has 2 heteroatoms. The van der Waals surface area contributed by atoms with Crippen LogP contribution in [0.25, 0.3) is 0 Å². The number of alkyl halides is 1. The molecule has 0 aliphatic heterocycles. The van der Waals surface area contributed by atoms with Crippen molar-refractivity contribution < 1.29 is 0 Å². The van der Waals surface area contributed by atoms with Gasteiger partial charge in [-0.3, -0.25) is 0 Å². The largest absolute Gasteiger partial charge is 0.312 e. The average Bonchev–Trinajstić information content (AvgIpc) is 2.46. The molecule has 0 saturated heterocycles. The average molecular weight is 260 g/mol. The summed E-state index contributed by atoms with van der Waals surface area (Å²) >= 11 is 6.04. The maximum absolute atomic E-state index is 6.04. The lowest BCUT2D eigenvalue weighted by molar-refractivity contribution is 0.618. The maximum atomic E-state index is 6.04. The fraction of sp³-hybridized carbons (Fsp3) is 0.250. The van der Waals surface area contributed by atoms with Crippen LogP contribution in [0.1, 0.15) is 17.0 Å². The second kappa shape index (κ2) is 7.20. The van der Waals surface area contributed by atoms with E-state index in [2.05, 4.69) is 53.8 Å². The van der Waals surface area contributed by atoms with Gasteiger partial charge in [0.2, 0.25) is 0 Å². The zero-order chi connectivity index (χ0) is 12.6. The van der Waals surface area contributed by atoms with Crippen molar-refractivity contribution in [3.05, 3.63) is 71.8 Å². The van der Waals surface area contributed by atoms with Crippen molar-refractivity contribution in [1.82, 2.24) is 5.32 Å². The SMILES string of the molecule is ClC[C@H](CNCc1ccccc1)c1ccccc1. The molecular weight excluding hydrogens is 242 g/mol. The van der Waals surface area contributed by atoms with Gasteiger partial charge in [-0.15, -0.1) is 11.6 Å². The lowest BCUT2D eigenvalue weighted by Crippen LogP contribution is -2.22. The summed E-state index contributed by atoms with van der Waals surface area (Å²) in [6, 6.07) is 20.9. The van der Waals surface area contributed by atoms with Gasteiger partial charge in [-0.1, -0.05) is 60.7 Å². The molecule has 2 aromatic carbocycles. The fourth-order valence-electron chi connectivity index (χ4n) is 1.97. The van der Waals surface area contributed by atoms with Crippen LogP contribution in [-0.4, -0.2) is 12.4 Å². The summed E-state index contributed by atoms with van der Waals surface area (Å²) in [6.07, 6.45) is 0. The van der Waals surface area contributed by atoms with Gasteiger partial charge in [-0.2, -0.15) is 0 Å². The van der Waals surface area contributed by atoms with E-state index in [1.165, 1.54) is 11.1 Å². The molecule has 18 heavy (non-hydrogen) atoms. The van der Waals surface area contributed by atoms with Crippen LogP contribution < -0.4 is 5.32 Å². The lowest BCUT2D eigenvalue weighted by Gasteiger charge is -2.15.